The number of carbonyl (C=O) groups is 4. The quantitative estimate of drug-likeness (QED) is 0.436. The van der Waals surface area contributed by atoms with Crippen LogP contribution in [0.5, 0.6) is 0 Å². The van der Waals surface area contributed by atoms with Crippen molar-refractivity contribution in [3.8, 4) is 0 Å². The maximum atomic E-state index is 14.1. The zero-order chi connectivity index (χ0) is 29.5. The van der Waals surface area contributed by atoms with Gasteiger partial charge in [0.1, 0.15) is 12.1 Å². The van der Waals surface area contributed by atoms with E-state index in [2.05, 4.69) is 16.0 Å². The summed E-state index contributed by atoms with van der Waals surface area (Å²) in [7, 11) is 1.68. The van der Waals surface area contributed by atoms with Crippen LogP contribution in [0.3, 0.4) is 0 Å². The molecule has 220 valence electrons. The zero-order valence-electron chi connectivity index (χ0n) is 24.5. The number of carbonyl (C=O) groups excluding carboxylic acids is 4. The molecule has 4 atom stereocenters. The molecule has 2 aliphatic heterocycles. The minimum absolute atomic E-state index is 0.0250. The van der Waals surface area contributed by atoms with Crippen molar-refractivity contribution >= 4 is 23.6 Å². The van der Waals surface area contributed by atoms with Crippen LogP contribution in [-0.2, 0) is 19.2 Å². The second-order valence-electron chi connectivity index (χ2n) is 11.6. The van der Waals surface area contributed by atoms with Crippen molar-refractivity contribution in [1.82, 2.24) is 25.8 Å². The van der Waals surface area contributed by atoms with E-state index in [0.717, 1.165) is 11.1 Å². The molecular weight excluding hydrogens is 518 g/mol. The van der Waals surface area contributed by atoms with Crippen LogP contribution in [0.15, 0.2) is 60.7 Å². The first-order chi connectivity index (χ1) is 19.7. The summed E-state index contributed by atoms with van der Waals surface area (Å²) in [5.41, 5.74) is 1.90. The van der Waals surface area contributed by atoms with E-state index in [4.69, 9.17) is 0 Å². The maximum Gasteiger partial charge on any atom is 0.247 e. The topological polar surface area (TPSA) is 111 Å². The van der Waals surface area contributed by atoms with Gasteiger partial charge in [-0.2, -0.15) is 0 Å². The second-order valence-corrected chi connectivity index (χ2v) is 11.6. The first-order valence-electron chi connectivity index (χ1n) is 14.7. The smallest absolute Gasteiger partial charge is 0.247 e. The van der Waals surface area contributed by atoms with Gasteiger partial charge >= 0.3 is 0 Å². The van der Waals surface area contributed by atoms with Crippen molar-refractivity contribution in [2.45, 2.75) is 76.7 Å². The Morgan fingerprint density at radius 1 is 0.902 bits per heavy atom. The van der Waals surface area contributed by atoms with Crippen LogP contribution in [0, 0.1) is 5.92 Å². The van der Waals surface area contributed by atoms with E-state index in [0.29, 0.717) is 32.2 Å². The highest BCUT2D eigenvalue weighted by Gasteiger charge is 2.46. The third kappa shape index (κ3) is 7.33. The molecule has 0 aromatic heterocycles. The van der Waals surface area contributed by atoms with Gasteiger partial charge in [-0.1, -0.05) is 74.5 Å². The van der Waals surface area contributed by atoms with E-state index in [-0.39, 0.29) is 48.2 Å². The Labute approximate surface area is 243 Å². The molecule has 2 fully saturated rings. The van der Waals surface area contributed by atoms with Crippen molar-refractivity contribution in [1.29, 1.82) is 0 Å². The number of benzene rings is 2. The Morgan fingerprint density at radius 2 is 1.51 bits per heavy atom. The summed E-state index contributed by atoms with van der Waals surface area (Å²) in [6.07, 6.45) is 2.15. The first kappa shape index (κ1) is 30.2. The lowest BCUT2D eigenvalue weighted by atomic mass is 9.98. The molecule has 2 heterocycles. The molecule has 3 N–H and O–H groups in total. The van der Waals surface area contributed by atoms with Gasteiger partial charge < -0.3 is 25.8 Å². The van der Waals surface area contributed by atoms with Crippen LogP contribution in [0.1, 0.15) is 63.6 Å². The predicted octanol–water partition coefficient (Wildman–Crippen LogP) is 2.62. The van der Waals surface area contributed by atoms with Crippen molar-refractivity contribution < 1.29 is 19.2 Å². The SMILES string of the molecule is CN[C@H](C)C(=O)N[C@H]1CN(C(=O)CC(C)C)CC[C@@H]2CC[C@@H](C(=O)NC(c3ccccc3)c3ccccc3)N2C1=O. The highest BCUT2D eigenvalue weighted by atomic mass is 16.2. The maximum absolute atomic E-state index is 14.1. The van der Waals surface area contributed by atoms with E-state index in [9.17, 15) is 19.2 Å². The van der Waals surface area contributed by atoms with Crippen molar-refractivity contribution in [3.63, 3.8) is 0 Å². The van der Waals surface area contributed by atoms with Crippen LogP contribution < -0.4 is 16.0 Å². The average molecular weight is 562 g/mol. The molecule has 2 saturated heterocycles. The van der Waals surface area contributed by atoms with Gasteiger partial charge in [0.25, 0.3) is 0 Å². The van der Waals surface area contributed by atoms with Gasteiger partial charge in [0.2, 0.25) is 23.6 Å². The van der Waals surface area contributed by atoms with Gasteiger partial charge in [-0.25, -0.2) is 0 Å². The van der Waals surface area contributed by atoms with Gasteiger partial charge in [-0.15, -0.1) is 0 Å². The Bertz CT molecular complexity index is 1170. The average Bonchev–Trinajstić information content (AvgIpc) is 3.39. The number of amides is 4. The predicted molar refractivity (Wildman–Crippen MR) is 158 cm³/mol. The molecule has 4 rings (SSSR count). The number of nitrogens with zero attached hydrogens (tertiary/aromatic N) is 2. The molecule has 2 aliphatic rings. The van der Waals surface area contributed by atoms with E-state index in [1.165, 1.54) is 0 Å². The molecule has 41 heavy (non-hydrogen) atoms. The second kappa shape index (κ2) is 13.8. The van der Waals surface area contributed by atoms with Gasteiger partial charge in [0, 0.05) is 25.6 Å². The summed E-state index contributed by atoms with van der Waals surface area (Å²) >= 11 is 0. The highest BCUT2D eigenvalue weighted by molar-refractivity contribution is 5.94. The van der Waals surface area contributed by atoms with E-state index >= 15 is 0 Å². The minimum atomic E-state index is -0.940. The largest absolute Gasteiger partial charge is 0.343 e. The summed E-state index contributed by atoms with van der Waals surface area (Å²) in [5, 5.41) is 8.99. The first-order valence-corrected chi connectivity index (χ1v) is 14.7. The number of nitrogens with one attached hydrogen (secondary N) is 3. The molecular formula is C32H43N5O4. The molecule has 9 nitrogen and oxygen atoms in total. The van der Waals surface area contributed by atoms with Crippen LogP contribution in [0.2, 0.25) is 0 Å². The minimum Gasteiger partial charge on any atom is -0.343 e. The summed E-state index contributed by atoms with van der Waals surface area (Å²) in [6, 6.07) is 16.9. The van der Waals surface area contributed by atoms with Gasteiger partial charge in [-0.3, -0.25) is 19.2 Å². The summed E-state index contributed by atoms with van der Waals surface area (Å²) in [6.45, 7) is 6.24. The Balaban J connectivity index is 1.60. The third-order valence-corrected chi connectivity index (χ3v) is 8.12. The monoisotopic (exact) mass is 561 g/mol. The Morgan fingerprint density at radius 3 is 2.07 bits per heavy atom. The molecule has 2 aromatic carbocycles. The molecule has 2 aromatic rings. The van der Waals surface area contributed by atoms with Crippen molar-refractivity contribution in [2.24, 2.45) is 5.92 Å². The summed E-state index contributed by atoms with van der Waals surface area (Å²) < 4.78 is 0. The third-order valence-electron chi connectivity index (χ3n) is 8.12. The summed E-state index contributed by atoms with van der Waals surface area (Å²) in [4.78, 5) is 57.4. The lowest BCUT2D eigenvalue weighted by molar-refractivity contribution is -0.147. The molecule has 9 heteroatoms. The molecule has 0 spiro atoms. The lowest BCUT2D eigenvalue weighted by Gasteiger charge is -2.39. The van der Waals surface area contributed by atoms with Crippen LogP contribution in [-0.4, -0.2) is 77.7 Å². The molecule has 0 saturated carbocycles. The van der Waals surface area contributed by atoms with Crippen LogP contribution >= 0.6 is 0 Å². The fourth-order valence-electron chi connectivity index (χ4n) is 5.76. The van der Waals surface area contributed by atoms with E-state index in [1.54, 1.807) is 23.8 Å². The van der Waals surface area contributed by atoms with Gasteiger partial charge in [0.05, 0.1) is 12.1 Å². The normalized spacial score (nSPS) is 21.7. The molecule has 0 aliphatic carbocycles. The zero-order valence-corrected chi connectivity index (χ0v) is 24.5. The number of fused-ring (bicyclic) bond motifs is 1. The highest BCUT2D eigenvalue weighted by Crippen LogP contribution is 2.31. The standard InChI is InChI=1S/C32H43N5O4/c1-21(2)19-28(38)36-18-17-25-15-16-27(37(25)32(41)26(20-36)34-30(39)22(3)33-4)31(40)35-29(23-11-7-5-8-12-23)24-13-9-6-10-14-24/h5-14,21-22,25-27,29,33H,15-20H2,1-4H3,(H,34,39)(H,35,40)/t22-,25+,26+,27+/m1/s1. The number of hydrogen-bond acceptors (Lipinski definition) is 5. The van der Waals surface area contributed by atoms with E-state index < -0.39 is 18.1 Å². The Kier molecular flexibility index (Phi) is 10.2. The van der Waals surface area contributed by atoms with Crippen molar-refractivity contribution in [2.75, 3.05) is 20.1 Å². The van der Waals surface area contributed by atoms with Crippen LogP contribution in [0.4, 0.5) is 0 Å². The summed E-state index contributed by atoms with van der Waals surface area (Å²) in [5.74, 6) is -0.710. The van der Waals surface area contributed by atoms with Gasteiger partial charge in [-0.05, 0) is 50.3 Å². The fraction of sp³-hybridized carbons (Fsp3) is 0.500. The van der Waals surface area contributed by atoms with Crippen LogP contribution in [0.25, 0.3) is 0 Å². The molecule has 0 unspecified atom stereocenters. The number of hydrogen-bond donors (Lipinski definition) is 3. The van der Waals surface area contributed by atoms with Crippen molar-refractivity contribution in [3.05, 3.63) is 71.8 Å². The lowest BCUT2D eigenvalue weighted by Crippen LogP contribution is -2.62. The van der Waals surface area contributed by atoms with E-state index in [1.807, 2.05) is 74.5 Å². The molecule has 0 radical (unpaired) electrons. The molecule has 0 bridgehead atoms. The number of rotatable bonds is 9. The number of likely N-dealkylation sites (N-methyl/N-ethyl adjacent to an activating group) is 1. The fourth-order valence-corrected chi connectivity index (χ4v) is 5.76. The molecule has 4 amide bonds. The Hall–Kier alpha value is -3.72. The van der Waals surface area contributed by atoms with Gasteiger partial charge in [0.15, 0.2) is 0 Å².